The standard InChI is InChI=1S/C18H15N5O3/c24-16(20-11-5-6-14-15(9-11)22-18(26)21-14)7-8-23-10-19-13-4-2-1-3-12(13)17(23)25/h1-6,9-10H,7-8H2,(H,20,24)(H2,21,22,26). The van der Waals surface area contributed by atoms with Crippen molar-refractivity contribution in [2.24, 2.45) is 0 Å². The van der Waals surface area contributed by atoms with Gasteiger partial charge in [0.1, 0.15) is 0 Å². The van der Waals surface area contributed by atoms with Crippen molar-refractivity contribution in [1.82, 2.24) is 19.5 Å². The first kappa shape index (κ1) is 15.8. The predicted octanol–water partition coefficient (Wildman–Crippen LogP) is 1.59. The summed E-state index contributed by atoms with van der Waals surface area (Å²) in [6.07, 6.45) is 1.58. The first-order valence-electron chi connectivity index (χ1n) is 8.06. The number of para-hydroxylation sites is 1. The maximum Gasteiger partial charge on any atom is 0.323 e. The van der Waals surface area contributed by atoms with E-state index in [1.807, 2.05) is 6.07 Å². The van der Waals surface area contributed by atoms with E-state index < -0.39 is 0 Å². The Morgan fingerprint density at radius 2 is 1.88 bits per heavy atom. The van der Waals surface area contributed by atoms with Gasteiger partial charge in [0.2, 0.25) is 5.91 Å². The highest BCUT2D eigenvalue weighted by Gasteiger charge is 2.08. The van der Waals surface area contributed by atoms with Crippen LogP contribution in [0.25, 0.3) is 21.9 Å². The summed E-state index contributed by atoms with van der Waals surface area (Å²) >= 11 is 0. The van der Waals surface area contributed by atoms with Gasteiger partial charge >= 0.3 is 5.69 Å². The minimum atomic E-state index is -0.299. The molecule has 0 atom stereocenters. The average molecular weight is 349 g/mol. The Morgan fingerprint density at radius 3 is 2.77 bits per heavy atom. The van der Waals surface area contributed by atoms with Gasteiger partial charge in [-0.25, -0.2) is 9.78 Å². The number of rotatable bonds is 4. The lowest BCUT2D eigenvalue weighted by molar-refractivity contribution is -0.116. The fourth-order valence-corrected chi connectivity index (χ4v) is 2.82. The molecule has 4 rings (SSSR count). The molecule has 0 aliphatic rings. The van der Waals surface area contributed by atoms with Crippen LogP contribution in [-0.2, 0) is 11.3 Å². The Bertz CT molecular complexity index is 1230. The minimum absolute atomic E-state index is 0.127. The van der Waals surface area contributed by atoms with Gasteiger partial charge in [0.15, 0.2) is 0 Å². The van der Waals surface area contributed by atoms with Crippen LogP contribution in [0.2, 0.25) is 0 Å². The van der Waals surface area contributed by atoms with Crippen molar-refractivity contribution in [3.8, 4) is 0 Å². The first-order chi connectivity index (χ1) is 12.6. The number of H-pyrrole nitrogens is 2. The zero-order valence-corrected chi connectivity index (χ0v) is 13.7. The van der Waals surface area contributed by atoms with Crippen LogP contribution in [0.4, 0.5) is 5.69 Å². The van der Waals surface area contributed by atoms with E-state index >= 15 is 0 Å². The van der Waals surface area contributed by atoms with Crippen LogP contribution in [0, 0.1) is 0 Å². The predicted molar refractivity (Wildman–Crippen MR) is 98.2 cm³/mol. The molecule has 2 aromatic carbocycles. The number of carbonyl (C=O) groups excluding carboxylic acids is 1. The number of nitrogens with one attached hydrogen (secondary N) is 3. The number of imidazole rings is 1. The van der Waals surface area contributed by atoms with Crippen LogP contribution in [0.3, 0.4) is 0 Å². The second kappa shape index (κ2) is 6.32. The molecule has 0 aliphatic heterocycles. The normalized spacial score (nSPS) is 11.1. The molecule has 26 heavy (non-hydrogen) atoms. The number of anilines is 1. The largest absolute Gasteiger partial charge is 0.326 e. The van der Waals surface area contributed by atoms with Crippen molar-refractivity contribution in [2.45, 2.75) is 13.0 Å². The SMILES string of the molecule is O=C(CCn1cnc2ccccc2c1=O)Nc1ccc2[nH]c(=O)[nH]c2c1. The van der Waals surface area contributed by atoms with E-state index in [0.29, 0.717) is 27.6 Å². The molecule has 0 bridgehead atoms. The van der Waals surface area contributed by atoms with Gasteiger partial charge in [-0.05, 0) is 30.3 Å². The molecule has 0 unspecified atom stereocenters. The lowest BCUT2D eigenvalue weighted by Crippen LogP contribution is -2.23. The molecule has 4 aromatic rings. The second-order valence-electron chi connectivity index (χ2n) is 5.90. The number of nitrogens with zero attached hydrogens (tertiary/aromatic N) is 2. The van der Waals surface area contributed by atoms with Gasteiger partial charge in [-0.2, -0.15) is 0 Å². The molecule has 3 N–H and O–H groups in total. The van der Waals surface area contributed by atoms with Crippen molar-refractivity contribution in [1.29, 1.82) is 0 Å². The Labute approximate surface area is 146 Å². The minimum Gasteiger partial charge on any atom is -0.326 e. The number of hydrogen-bond acceptors (Lipinski definition) is 4. The number of benzene rings is 2. The summed E-state index contributed by atoms with van der Waals surface area (Å²) in [6, 6.07) is 12.2. The first-order valence-corrected chi connectivity index (χ1v) is 8.06. The zero-order valence-electron chi connectivity index (χ0n) is 13.7. The third kappa shape index (κ3) is 3.00. The highest BCUT2D eigenvalue weighted by atomic mass is 16.2. The fourth-order valence-electron chi connectivity index (χ4n) is 2.82. The van der Waals surface area contributed by atoms with Crippen LogP contribution < -0.4 is 16.6 Å². The number of hydrogen-bond donors (Lipinski definition) is 3. The van der Waals surface area contributed by atoms with Gasteiger partial charge in [-0.15, -0.1) is 0 Å². The van der Waals surface area contributed by atoms with Gasteiger partial charge in [0.25, 0.3) is 5.56 Å². The summed E-state index contributed by atoms with van der Waals surface area (Å²) in [5, 5.41) is 3.28. The second-order valence-corrected chi connectivity index (χ2v) is 5.90. The summed E-state index contributed by atoms with van der Waals surface area (Å²) in [6.45, 7) is 0.228. The lowest BCUT2D eigenvalue weighted by atomic mass is 10.2. The van der Waals surface area contributed by atoms with E-state index in [9.17, 15) is 14.4 Å². The summed E-state index contributed by atoms with van der Waals surface area (Å²) in [7, 11) is 0. The van der Waals surface area contributed by atoms with Crippen LogP contribution in [0.1, 0.15) is 6.42 Å². The molecule has 0 radical (unpaired) electrons. The maximum atomic E-state index is 12.4. The highest BCUT2D eigenvalue weighted by molar-refractivity contribution is 5.92. The Hall–Kier alpha value is -3.68. The van der Waals surface area contributed by atoms with Crippen molar-refractivity contribution in [2.75, 3.05) is 5.32 Å². The molecule has 8 nitrogen and oxygen atoms in total. The third-order valence-corrected chi connectivity index (χ3v) is 4.11. The van der Waals surface area contributed by atoms with Gasteiger partial charge < -0.3 is 15.3 Å². The molecular weight excluding hydrogens is 334 g/mol. The molecule has 0 aliphatic carbocycles. The molecule has 0 saturated carbocycles. The molecule has 1 amide bonds. The smallest absolute Gasteiger partial charge is 0.323 e. The fraction of sp³-hybridized carbons (Fsp3) is 0.111. The van der Waals surface area contributed by atoms with Gasteiger partial charge in [0, 0.05) is 18.7 Å². The molecule has 0 saturated heterocycles. The molecule has 2 aromatic heterocycles. The van der Waals surface area contributed by atoms with Crippen LogP contribution >= 0.6 is 0 Å². The molecular formula is C18H15N5O3. The molecule has 0 fully saturated rings. The summed E-state index contributed by atoms with van der Waals surface area (Å²) < 4.78 is 1.43. The number of amides is 1. The van der Waals surface area contributed by atoms with E-state index in [1.54, 1.807) is 36.4 Å². The summed E-state index contributed by atoms with van der Waals surface area (Å²) in [5.74, 6) is -0.234. The van der Waals surface area contributed by atoms with Crippen molar-refractivity contribution >= 4 is 33.5 Å². The van der Waals surface area contributed by atoms with Gasteiger partial charge in [-0.3, -0.25) is 14.2 Å². The number of fused-ring (bicyclic) bond motifs is 2. The van der Waals surface area contributed by atoms with Crippen molar-refractivity contribution < 1.29 is 4.79 Å². The quantitative estimate of drug-likeness (QED) is 0.519. The third-order valence-electron chi connectivity index (χ3n) is 4.11. The van der Waals surface area contributed by atoms with E-state index in [2.05, 4.69) is 20.3 Å². The van der Waals surface area contributed by atoms with Crippen molar-refractivity contribution in [3.63, 3.8) is 0 Å². The Balaban J connectivity index is 1.47. The number of aromatic amines is 2. The van der Waals surface area contributed by atoms with E-state index in [0.717, 1.165) is 0 Å². The molecule has 130 valence electrons. The summed E-state index contributed by atoms with van der Waals surface area (Å²) in [4.78, 5) is 45.4. The summed E-state index contributed by atoms with van der Waals surface area (Å²) in [5.41, 5.74) is 2.01. The highest BCUT2D eigenvalue weighted by Crippen LogP contribution is 2.14. The van der Waals surface area contributed by atoms with Crippen LogP contribution in [0.5, 0.6) is 0 Å². The van der Waals surface area contributed by atoms with Gasteiger partial charge in [0.05, 0.1) is 28.3 Å². The van der Waals surface area contributed by atoms with Gasteiger partial charge in [-0.1, -0.05) is 12.1 Å². The van der Waals surface area contributed by atoms with E-state index in [1.165, 1.54) is 10.9 Å². The number of carbonyl (C=O) groups is 1. The van der Waals surface area contributed by atoms with Crippen LogP contribution in [0.15, 0.2) is 58.4 Å². The monoisotopic (exact) mass is 349 g/mol. The molecule has 0 spiro atoms. The van der Waals surface area contributed by atoms with E-state index in [-0.39, 0.29) is 30.1 Å². The molecule has 8 heteroatoms. The topological polar surface area (TPSA) is 113 Å². The number of aryl methyl sites for hydroxylation is 1. The average Bonchev–Trinajstić information content (AvgIpc) is 3.01. The van der Waals surface area contributed by atoms with Crippen LogP contribution in [-0.4, -0.2) is 25.4 Å². The maximum absolute atomic E-state index is 12.4. The molecule has 2 heterocycles. The Morgan fingerprint density at radius 1 is 1.08 bits per heavy atom. The Kier molecular flexibility index (Phi) is 3.85. The number of aromatic nitrogens is 4. The van der Waals surface area contributed by atoms with Crippen molar-refractivity contribution in [3.05, 3.63) is 69.6 Å². The van der Waals surface area contributed by atoms with E-state index in [4.69, 9.17) is 0 Å². The lowest BCUT2D eigenvalue weighted by Gasteiger charge is -2.08. The zero-order chi connectivity index (χ0) is 18.1.